The van der Waals surface area contributed by atoms with Gasteiger partial charge in [0, 0.05) is 21.4 Å². The highest BCUT2D eigenvalue weighted by Crippen LogP contribution is 2.30. The Kier molecular flexibility index (Phi) is 3.90. The molecule has 0 aliphatic carbocycles. The monoisotopic (exact) mass is 297 g/mol. The Labute approximate surface area is 127 Å². The third-order valence-electron chi connectivity index (χ3n) is 3.15. The van der Waals surface area contributed by atoms with Gasteiger partial charge in [0.05, 0.1) is 5.69 Å². The summed E-state index contributed by atoms with van der Waals surface area (Å²) in [6.07, 6.45) is 2.09. The minimum atomic E-state index is 1.06. The molecule has 3 aromatic rings. The molecule has 0 atom stereocenters. The largest absolute Gasteiger partial charge is 0.236 e. The second-order valence-electron chi connectivity index (χ2n) is 4.64. The molecule has 0 spiro atoms. The molecule has 0 unspecified atom stereocenters. The number of hydrogen-bond donors (Lipinski definition) is 0. The normalized spacial score (nSPS) is 10.7. The van der Waals surface area contributed by atoms with Crippen LogP contribution in [0.3, 0.4) is 0 Å². The van der Waals surface area contributed by atoms with Crippen molar-refractivity contribution in [3.8, 4) is 21.8 Å². The zero-order chi connectivity index (χ0) is 13.9. The van der Waals surface area contributed by atoms with Crippen molar-refractivity contribution in [1.82, 2.24) is 4.98 Å². The highest BCUT2D eigenvalue weighted by atomic mass is 32.2. The number of nitrogens with zero attached hydrogens (tertiary/aromatic N) is 1. The van der Waals surface area contributed by atoms with E-state index in [4.69, 9.17) is 4.98 Å². The van der Waals surface area contributed by atoms with Gasteiger partial charge in [0.25, 0.3) is 0 Å². The molecule has 0 N–H and O–H groups in total. The molecule has 3 heteroatoms. The molecule has 0 amide bonds. The molecule has 0 bridgehead atoms. The number of aromatic nitrogens is 1. The Hall–Kier alpha value is -1.58. The van der Waals surface area contributed by atoms with Gasteiger partial charge >= 0.3 is 0 Å². The Morgan fingerprint density at radius 3 is 2.50 bits per heavy atom. The number of aryl methyl sites for hydroxylation is 1. The lowest BCUT2D eigenvalue weighted by Gasteiger charge is -1.99. The van der Waals surface area contributed by atoms with Gasteiger partial charge in [0.15, 0.2) is 0 Å². The van der Waals surface area contributed by atoms with E-state index in [9.17, 15) is 0 Å². The van der Waals surface area contributed by atoms with Crippen LogP contribution in [0.2, 0.25) is 0 Å². The average Bonchev–Trinajstić information content (AvgIpc) is 2.97. The quantitative estimate of drug-likeness (QED) is 0.591. The van der Waals surface area contributed by atoms with Gasteiger partial charge in [-0.1, -0.05) is 35.9 Å². The van der Waals surface area contributed by atoms with Gasteiger partial charge in [-0.2, -0.15) is 0 Å². The van der Waals surface area contributed by atoms with Crippen molar-refractivity contribution in [2.45, 2.75) is 11.8 Å². The molecule has 0 saturated heterocycles. The maximum atomic E-state index is 4.76. The molecule has 1 nitrogen and oxygen atoms in total. The summed E-state index contributed by atoms with van der Waals surface area (Å²) in [6, 6.07) is 17.1. The number of benzene rings is 2. The highest BCUT2D eigenvalue weighted by Gasteiger charge is 2.06. The van der Waals surface area contributed by atoms with E-state index >= 15 is 0 Å². The molecule has 2 aromatic carbocycles. The smallest absolute Gasteiger partial charge is 0.124 e. The molecule has 20 heavy (non-hydrogen) atoms. The average molecular weight is 297 g/mol. The Morgan fingerprint density at radius 1 is 1.00 bits per heavy atom. The first-order chi connectivity index (χ1) is 9.76. The van der Waals surface area contributed by atoms with Crippen LogP contribution >= 0.6 is 23.1 Å². The molecule has 0 fully saturated rings. The van der Waals surface area contributed by atoms with Gasteiger partial charge in [-0.05, 0) is 31.4 Å². The van der Waals surface area contributed by atoms with E-state index in [2.05, 4.69) is 67.1 Å². The van der Waals surface area contributed by atoms with Crippen LogP contribution in [0.15, 0.2) is 58.8 Å². The van der Waals surface area contributed by atoms with E-state index < -0.39 is 0 Å². The molecular weight excluding hydrogens is 282 g/mol. The van der Waals surface area contributed by atoms with Crippen molar-refractivity contribution < 1.29 is 0 Å². The topological polar surface area (TPSA) is 12.9 Å². The molecule has 0 saturated carbocycles. The second-order valence-corrected chi connectivity index (χ2v) is 6.37. The van der Waals surface area contributed by atoms with E-state index in [0.29, 0.717) is 0 Å². The van der Waals surface area contributed by atoms with Crippen molar-refractivity contribution in [1.29, 1.82) is 0 Å². The number of thioether (sulfide) groups is 1. The Bertz CT molecular complexity index is 714. The molecule has 0 aliphatic heterocycles. The number of hydrogen-bond acceptors (Lipinski definition) is 3. The fourth-order valence-electron chi connectivity index (χ4n) is 2.08. The van der Waals surface area contributed by atoms with Crippen LogP contribution in [0, 0.1) is 6.92 Å². The fraction of sp³-hybridized carbons (Fsp3) is 0.118. The highest BCUT2D eigenvalue weighted by molar-refractivity contribution is 7.98. The first kappa shape index (κ1) is 13.4. The molecule has 1 aromatic heterocycles. The van der Waals surface area contributed by atoms with Crippen molar-refractivity contribution in [3.63, 3.8) is 0 Å². The summed E-state index contributed by atoms with van der Waals surface area (Å²) in [5.41, 5.74) is 4.70. The van der Waals surface area contributed by atoms with E-state index in [1.165, 1.54) is 21.6 Å². The van der Waals surface area contributed by atoms with Crippen LogP contribution in [0.1, 0.15) is 5.56 Å². The second kappa shape index (κ2) is 5.81. The Balaban J connectivity index is 1.93. The lowest BCUT2D eigenvalue weighted by Crippen LogP contribution is -1.81. The van der Waals surface area contributed by atoms with Crippen LogP contribution < -0.4 is 0 Å². The van der Waals surface area contributed by atoms with E-state index in [1.54, 1.807) is 23.1 Å². The number of rotatable bonds is 3. The van der Waals surface area contributed by atoms with Crippen LogP contribution in [0.5, 0.6) is 0 Å². The molecule has 3 rings (SSSR count). The molecule has 1 heterocycles. The van der Waals surface area contributed by atoms with Gasteiger partial charge in [-0.15, -0.1) is 23.1 Å². The van der Waals surface area contributed by atoms with Crippen LogP contribution in [-0.2, 0) is 0 Å². The first-order valence-corrected chi connectivity index (χ1v) is 8.54. The van der Waals surface area contributed by atoms with Crippen molar-refractivity contribution in [3.05, 3.63) is 59.5 Å². The summed E-state index contributed by atoms with van der Waals surface area (Å²) in [4.78, 5) is 6.04. The SMILES string of the molecule is CSc1ccc(-c2nc(-c3cccc(C)c3)cs2)cc1. The zero-order valence-electron chi connectivity index (χ0n) is 11.5. The van der Waals surface area contributed by atoms with Crippen LogP contribution in [-0.4, -0.2) is 11.2 Å². The standard InChI is InChI=1S/C17H15NS2/c1-12-4-3-5-14(10-12)16-11-20-17(18-16)13-6-8-15(19-2)9-7-13/h3-11H,1-2H3. The summed E-state index contributed by atoms with van der Waals surface area (Å²) in [5, 5.41) is 3.21. The van der Waals surface area contributed by atoms with Crippen molar-refractivity contribution >= 4 is 23.1 Å². The Morgan fingerprint density at radius 2 is 1.80 bits per heavy atom. The lowest BCUT2D eigenvalue weighted by atomic mass is 10.1. The van der Waals surface area contributed by atoms with Gasteiger partial charge in [0.1, 0.15) is 5.01 Å². The van der Waals surface area contributed by atoms with Crippen molar-refractivity contribution in [2.75, 3.05) is 6.26 Å². The minimum Gasteiger partial charge on any atom is -0.236 e. The van der Waals surface area contributed by atoms with E-state index in [-0.39, 0.29) is 0 Å². The maximum Gasteiger partial charge on any atom is 0.124 e. The molecule has 100 valence electrons. The number of thiazole rings is 1. The van der Waals surface area contributed by atoms with Crippen LogP contribution in [0.4, 0.5) is 0 Å². The lowest BCUT2D eigenvalue weighted by molar-refractivity contribution is 1.37. The van der Waals surface area contributed by atoms with Gasteiger partial charge in [-0.25, -0.2) is 4.98 Å². The predicted octanol–water partition coefficient (Wildman–Crippen LogP) is 5.51. The van der Waals surface area contributed by atoms with E-state index in [1.807, 2.05) is 0 Å². The summed E-state index contributed by atoms with van der Waals surface area (Å²) in [5.74, 6) is 0. The van der Waals surface area contributed by atoms with Crippen molar-refractivity contribution in [2.24, 2.45) is 0 Å². The zero-order valence-corrected chi connectivity index (χ0v) is 13.1. The van der Waals surface area contributed by atoms with E-state index in [0.717, 1.165) is 10.7 Å². The summed E-state index contributed by atoms with van der Waals surface area (Å²) in [7, 11) is 0. The van der Waals surface area contributed by atoms with Gasteiger partial charge in [0.2, 0.25) is 0 Å². The molecular formula is C17H15NS2. The third-order valence-corrected chi connectivity index (χ3v) is 4.79. The van der Waals surface area contributed by atoms with Crippen LogP contribution in [0.25, 0.3) is 21.8 Å². The first-order valence-electron chi connectivity index (χ1n) is 6.43. The third kappa shape index (κ3) is 2.79. The fourth-order valence-corrected chi connectivity index (χ4v) is 3.32. The molecule has 0 aliphatic rings. The van der Waals surface area contributed by atoms with Gasteiger partial charge < -0.3 is 0 Å². The summed E-state index contributed by atoms with van der Waals surface area (Å²) < 4.78 is 0. The van der Waals surface area contributed by atoms with Gasteiger partial charge in [-0.3, -0.25) is 0 Å². The maximum absolute atomic E-state index is 4.76. The molecule has 0 radical (unpaired) electrons. The predicted molar refractivity (Wildman–Crippen MR) is 89.5 cm³/mol. The summed E-state index contributed by atoms with van der Waals surface area (Å²) in [6.45, 7) is 2.11. The summed E-state index contributed by atoms with van der Waals surface area (Å²) >= 11 is 3.46. The minimum absolute atomic E-state index is 1.06.